The van der Waals surface area contributed by atoms with Gasteiger partial charge in [-0.2, -0.15) is 5.10 Å². The van der Waals surface area contributed by atoms with Gasteiger partial charge in [0.2, 0.25) is 0 Å². The predicted octanol–water partition coefficient (Wildman–Crippen LogP) is 1.51. The maximum atomic E-state index is 5.73. The van der Waals surface area contributed by atoms with Crippen molar-refractivity contribution in [3.63, 3.8) is 0 Å². The van der Waals surface area contributed by atoms with Crippen LogP contribution in [0.2, 0.25) is 0 Å². The number of aryl methyl sites for hydroxylation is 1. The molecule has 2 rings (SSSR count). The minimum atomic E-state index is 0.468. The number of nitrogens with two attached hydrogens (primary N) is 1. The van der Waals surface area contributed by atoms with Crippen LogP contribution in [0.25, 0.3) is 0 Å². The van der Waals surface area contributed by atoms with Gasteiger partial charge in [0.25, 0.3) is 0 Å². The molecule has 0 saturated heterocycles. The van der Waals surface area contributed by atoms with Crippen LogP contribution in [0.15, 0.2) is 30.6 Å². The summed E-state index contributed by atoms with van der Waals surface area (Å²) >= 11 is 0. The van der Waals surface area contributed by atoms with Crippen LogP contribution in [0.1, 0.15) is 11.1 Å². The Morgan fingerprint density at radius 1 is 1.21 bits per heavy atom. The van der Waals surface area contributed by atoms with Crippen molar-refractivity contribution in [2.45, 2.75) is 13.0 Å². The van der Waals surface area contributed by atoms with E-state index in [1.165, 1.54) is 0 Å². The fraction of sp³-hybridized carbons (Fsp3) is 0.357. The van der Waals surface area contributed by atoms with E-state index in [9.17, 15) is 0 Å². The molecule has 0 saturated carbocycles. The van der Waals surface area contributed by atoms with E-state index in [2.05, 4.69) is 5.10 Å². The van der Waals surface area contributed by atoms with Crippen LogP contribution in [0.3, 0.4) is 0 Å². The molecular formula is C14H19N3O2. The summed E-state index contributed by atoms with van der Waals surface area (Å²) in [5.41, 5.74) is 7.80. The highest BCUT2D eigenvalue weighted by atomic mass is 16.5. The van der Waals surface area contributed by atoms with Crippen LogP contribution < -0.4 is 15.2 Å². The number of rotatable bonds is 6. The van der Waals surface area contributed by atoms with Crippen LogP contribution in [0, 0.1) is 0 Å². The Balaban J connectivity index is 1.95. The van der Waals surface area contributed by atoms with E-state index in [0.717, 1.165) is 29.0 Å². The second-order valence-corrected chi connectivity index (χ2v) is 4.34. The molecule has 0 aliphatic carbocycles. The van der Waals surface area contributed by atoms with Crippen LogP contribution >= 0.6 is 0 Å². The predicted molar refractivity (Wildman–Crippen MR) is 73.3 cm³/mol. The van der Waals surface area contributed by atoms with Gasteiger partial charge in [0.05, 0.1) is 19.9 Å². The van der Waals surface area contributed by atoms with Gasteiger partial charge in [-0.3, -0.25) is 4.68 Å². The van der Waals surface area contributed by atoms with Crippen molar-refractivity contribution in [1.82, 2.24) is 9.78 Å². The molecule has 2 aromatic rings. The Morgan fingerprint density at radius 2 is 2.00 bits per heavy atom. The normalized spacial score (nSPS) is 10.5. The molecule has 0 radical (unpaired) electrons. The maximum Gasteiger partial charge on any atom is 0.123 e. The van der Waals surface area contributed by atoms with Crippen molar-refractivity contribution in [2.75, 3.05) is 13.7 Å². The Labute approximate surface area is 112 Å². The molecule has 1 aromatic heterocycles. The van der Waals surface area contributed by atoms with Gasteiger partial charge in [-0.25, -0.2) is 0 Å². The molecule has 5 nitrogen and oxygen atoms in total. The molecule has 0 spiro atoms. The van der Waals surface area contributed by atoms with Gasteiger partial charge in [0, 0.05) is 32.3 Å². The summed E-state index contributed by atoms with van der Waals surface area (Å²) in [5, 5.41) is 4.12. The SMILES string of the molecule is COc1cc(CN)cc(OCCc2cnn(C)c2)c1. The number of hydrogen-bond acceptors (Lipinski definition) is 4. The van der Waals surface area contributed by atoms with E-state index in [0.29, 0.717) is 13.2 Å². The molecule has 0 bridgehead atoms. The third-order valence-corrected chi connectivity index (χ3v) is 2.83. The molecule has 5 heteroatoms. The number of aromatic nitrogens is 2. The van der Waals surface area contributed by atoms with Gasteiger partial charge in [0.15, 0.2) is 0 Å². The molecule has 1 heterocycles. The van der Waals surface area contributed by atoms with Crippen molar-refractivity contribution in [1.29, 1.82) is 0 Å². The minimum absolute atomic E-state index is 0.468. The van der Waals surface area contributed by atoms with E-state index in [1.54, 1.807) is 11.8 Å². The molecule has 0 unspecified atom stereocenters. The summed E-state index contributed by atoms with van der Waals surface area (Å²) in [6.07, 6.45) is 4.66. The van der Waals surface area contributed by atoms with Gasteiger partial charge in [-0.15, -0.1) is 0 Å². The largest absolute Gasteiger partial charge is 0.497 e. The second kappa shape index (κ2) is 6.24. The third kappa shape index (κ3) is 3.72. The van der Waals surface area contributed by atoms with Crippen LogP contribution in [0.5, 0.6) is 11.5 Å². The summed E-state index contributed by atoms with van der Waals surface area (Å²) in [6.45, 7) is 1.07. The summed E-state index contributed by atoms with van der Waals surface area (Å²) in [7, 11) is 3.54. The average Bonchev–Trinajstić information content (AvgIpc) is 2.84. The smallest absolute Gasteiger partial charge is 0.123 e. The second-order valence-electron chi connectivity index (χ2n) is 4.34. The highest BCUT2D eigenvalue weighted by molar-refractivity contribution is 5.38. The van der Waals surface area contributed by atoms with Gasteiger partial charge >= 0.3 is 0 Å². The Bertz CT molecular complexity index is 515. The van der Waals surface area contributed by atoms with E-state index in [1.807, 2.05) is 37.6 Å². The van der Waals surface area contributed by atoms with Crippen molar-refractivity contribution < 1.29 is 9.47 Å². The Kier molecular flexibility index (Phi) is 4.41. The zero-order chi connectivity index (χ0) is 13.7. The zero-order valence-corrected chi connectivity index (χ0v) is 11.3. The monoisotopic (exact) mass is 261 g/mol. The van der Waals surface area contributed by atoms with Gasteiger partial charge in [0.1, 0.15) is 11.5 Å². The zero-order valence-electron chi connectivity index (χ0n) is 11.3. The van der Waals surface area contributed by atoms with Crippen LogP contribution in [-0.2, 0) is 20.0 Å². The first-order valence-electron chi connectivity index (χ1n) is 6.19. The van der Waals surface area contributed by atoms with E-state index in [4.69, 9.17) is 15.2 Å². The third-order valence-electron chi connectivity index (χ3n) is 2.83. The summed E-state index contributed by atoms with van der Waals surface area (Å²) in [6, 6.07) is 5.71. The highest BCUT2D eigenvalue weighted by Crippen LogP contribution is 2.22. The average molecular weight is 261 g/mol. The standard InChI is InChI=1S/C14H19N3O2/c1-17-10-11(9-16-17)3-4-19-14-6-12(8-15)5-13(7-14)18-2/h5-7,9-10H,3-4,8,15H2,1-2H3. The molecule has 0 aliphatic heterocycles. The first kappa shape index (κ1) is 13.4. The van der Waals surface area contributed by atoms with Crippen molar-refractivity contribution in [2.24, 2.45) is 12.8 Å². The molecule has 19 heavy (non-hydrogen) atoms. The fourth-order valence-corrected chi connectivity index (χ4v) is 1.84. The van der Waals surface area contributed by atoms with Crippen molar-refractivity contribution in [3.05, 3.63) is 41.7 Å². The van der Waals surface area contributed by atoms with E-state index < -0.39 is 0 Å². The molecular weight excluding hydrogens is 242 g/mol. The van der Waals surface area contributed by atoms with Crippen LogP contribution in [-0.4, -0.2) is 23.5 Å². The Morgan fingerprint density at radius 3 is 2.63 bits per heavy atom. The Hall–Kier alpha value is -2.01. The lowest BCUT2D eigenvalue weighted by Gasteiger charge is -2.09. The molecule has 1 aromatic carbocycles. The molecule has 0 atom stereocenters. The lowest BCUT2D eigenvalue weighted by Crippen LogP contribution is -2.03. The number of methoxy groups -OCH3 is 1. The van der Waals surface area contributed by atoms with Crippen molar-refractivity contribution >= 4 is 0 Å². The van der Waals surface area contributed by atoms with Crippen LogP contribution in [0.4, 0.5) is 0 Å². The first-order chi connectivity index (χ1) is 9.21. The fourth-order valence-electron chi connectivity index (χ4n) is 1.84. The number of nitrogens with zero attached hydrogens (tertiary/aromatic N) is 2. The highest BCUT2D eigenvalue weighted by Gasteiger charge is 2.02. The topological polar surface area (TPSA) is 62.3 Å². The summed E-state index contributed by atoms with van der Waals surface area (Å²) < 4.78 is 12.7. The molecule has 2 N–H and O–H groups in total. The first-order valence-corrected chi connectivity index (χ1v) is 6.19. The number of hydrogen-bond donors (Lipinski definition) is 1. The number of ether oxygens (including phenoxy) is 2. The number of benzene rings is 1. The minimum Gasteiger partial charge on any atom is -0.497 e. The van der Waals surface area contributed by atoms with Gasteiger partial charge in [-0.1, -0.05) is 0 Å². The summed E-state index contributed by atoms with van der Waals surface area (Å²) in [5.74, 6) is 1.54. The quantitative estimate of drug-likeness (QED) is 0.856. The van der Waals surface area contributed by atoms with E-state index in [-0.39, 0.29) is 0 Å². The molecule has 102 valence electrons. The van der Waals surface area contributed by atoms with Gasteiger partial charge in [-0.05, 0) is 23.3 Å². The summed E-state index contributed by atoms with van der Waals surface area (Å²) in [4.78, 5) is 0. The lowest BCUT2D eigenvalue weighted by molar-refractivity contribution is 0.318. The molecule has 0 fully saturated rings. The van der Waals surface area contributed by atoms with Gasteiger partial charge < -0.3 is 15.2 Å². The maximum absolute atomic E-state index is 5.73. The molecule has 0 amide bonds. The lowest BCUT2D eigenvalue weighted by atomic mass is 10.2. The molecule has 0 aliphatic rings. The van der Waals surface area contributed by atoms with E-state index >= 15 is 0 Å². The van der Waals surface area contributed by atoms with Crippen molar-refractivity contribution in [3.8, 4) is 11.5 Å².